The zero-order valence-electron chi connectivity index (χ0n) is 11.5. The number of hydrogen-bond donors (Lipinski definition) is 1. The molecule has 1 aromatic rings. The third kappa shape index (κ3) is 3.01. The minimum Gasteiger partial charge on any atom is -0.454 e. The fraction of sp³-hybridized carbons (Fsp3) is 0.600. The normalized spacial score (nSPS) is 22.1. The highest BCUT2D eigenvalue weighted by atomic mass is 16.7. The molecule has 1 aromatic carbocycles. The Morgan fingerprint density at radius 2 is 2.21 bits per heavy atom. The van der Waals surface area contributed by atoms with Crippen LogP contribution in [0.5, 0.6) is 11.5 Å². The average molecular weight is 262 g/mol. The summed E-state index contributed by atoms with van der Waals surface area (Å²) in [5.41, 5.74) is 1.26. The number of rotatable bonds is 5. The molecule has 1 saturated heterocycles. The highest BCUT2D eigenvalue weighted by molar-refractivity contribution is 5.44. The molecule has 0 amide bonds. The predicted octanol–water partition coefficient (Wildman–Crippen LogP) is 1.85. The predicted molar refractivity (Wildman–Crippen MR) is 74.5 cm³/mol. The molecule has 0 saturated carbocycles. The zero-order chi connectivity index (χ0) is 13.1. The van der Waals surface area contributed by atoms with Gasteiger partial charge in [0.05, 0.1) is 0 Å². The minimum atomic E-state index is 0.348. The number of ether oxygens (including phenoxy) is 2. The summed E-state index contributed by atoms with van der Waals surface area (Å²) in [5, 5.41) is 3.56. The summed E-state index contributed by atoms with van der Waals surface area (Å²) in [6.45, 7) is 8.27. The van der Waals surface area contributed by atoms with E-state index in [1.807, 2.05) is 6.07 Å². The van der Waals surface area contributed by atoms with Crippen LogP contribution in [0.3, 0.4) is 0 Å². The quantitative estimate of drug-likeness (QED) is 0.878. The Hall–Kier alpha value is -1.26. The lowest BCUT2D eigenvalue weighted by molar-refractivity contribution is 0.174. The molecule has 19 heavy (non-hydrogen) atoms. The van der Waals surface area contributed by atoms with Crippen molar-refractivity contribution in [3.05, 3.63) is 23.8 Å². The Balaban J connectivity index is 1.45. The summed E-state index contributed by atoms with van der Waals surface area (Å²) in [6.07, 6.45) is 1.32. The van der Waals surface area contributed by atoms with Crippen LogP contribution >= 0.6 is 0 Å². The number of nitrogens with one attached hydrogen (secondary N) is 1. The molecule has 1 N–H and O–H groups in total. The van der Waals surface area contributed by atoms with Crippen LogP contribution in [-0.4, -0.2) is 37.9 Å². The third-order valence-corrected chi connectivity index (χ3v) is 4.02. The van der Waals surface area contributed by atoms with Crippen molar-refractivity contribution in [1.82, 2.24) is 10.2 Å². The van der Waals surface area contributed by atoms with Crippen LogP contribution in [0.1, 0.15) is 18.9 Å². The number of fused-ring (bicyclic) bond motifs is 1. The molecule has 2 aliphatic rings. The van der Waals surface area contributed by atoms with Gasteiger partial charge in [0.25, 0.3) is 0 Å². The average Bonchev–Trinajstić information content (AvgIpc) is 3.06. The largest absolute Gasteiger partial charge is 0.454 e. The third-order valence-electron chi connectivity index (χ3n) is 4.02. The van der Waals surface area contributed by atoms with Gasteiger partial charge in [0.2, 0.25) is 6.79 Å². The summed E-state index contributed by atoms with van der Waals surface area (Å²) >= 11 is 0. The van der Waals surface area contributed by atoms with E-state index in [1.54, 1.807) is 0 Å². The van der Waals surface area contributed by atoms with E-state index in [2.05, 4.69) is 29.3 Å². The molecule has 3 rings (SSSR count). The van der Waals surface area contributed by atoms with E-state index in [1.165, 1.54) is 31.6 Å². The van der Waals surface area contributed by atoms with Gasteiger partial charge in [-0.25, -0.2) is 0 Å². The van der Waals surface area contributed by atoms with Crippen LogP contribution in [0.15, 0.2) is 18.2 Å². The molecular weight excluding hydrogens is 240 g/mol. The molecule has 4 heteroatoms. The van der Waals surface area contributed by atoms with Crippen molar-refractivity contribution in [2.75, 3.05) is 33.0 Å². The maximum atomic E-state index is 5.39. The van der Waals surface area contributed by atoms with Gasteiger partial charge in [-0.1, -0.05) is 13.0 Å². The first-order valence-electron chi connectivity index (χ1n) is 7.16. The molecule has 0 aliphatic carbocycles. The van der Waals surface area contributed by atoms with Gasteiger partial charge in [-0.05, 0) is 49.7 Å². The van der Waals surface area contributed by atoms with Gasteiger partial charge in [0, 0.05) is 13.1 Å². The van der Waals surface area contributed by atoms with Crippen LogP contribution in [0, 0.1) is 5.92 Å². The standard InChI is InChI=1S/C15H22N2O2/c1-2-17-6-5-13(10-17)9-16-8-12-3-4-14-15(7-12)19-11-18-14/h3-4,7,13,16H,2,5-6,8-11H2,1H3. The maximum Gasteiger partial charge on any atom is 0.231 e. The van der Waals surface area contributed by atoms with Crippen molar-refractivity contribution < 1.29 is 9.47 Å². The topological polar surface area (TPSA) is 33.7 Å². The summed E-state index contributed by atoms with van der Waals surface area (Å²) < 4.78 is 10.7. The van der Waals surface area contributed by atoms with Crippen LogP contribution in [0.4, 0.5) is 0 Å². The van der Waals surface area contributed by atoms with Crippen molar-refractivity contribution in [2.24, 2.45) is 5.92 Å². The van der Waals surface area contributed by atoms with Gasteiger partial charge < -0.3 is 19.7 Å². The zero-order valence-corrected chi connectivity index (χ0v) is 11.5. The second-order valence-electron chi connectivity index (χ2n) is 5.37. The van der Waals surface area contributed by atoms with Crippen molar-refractivity contribution in [3.8, 4) is 11.5 Å². The summed E-state index contributed by atoms with van der Waals surface area (Å²) in [6, 6.07) is 6.17. The van der Waals surface area contributed by atoms with Gasteiger partial charge in [0.1, 0.15) is 0 Å². The molecule has 0 radical (unpaired) electrons. The molecule has 1 unspecified atom stereocenters. The number of likely N-dealkylation sites (tertiary alicyclic amines) is 1. The second-order valence-corrected chi connectivity index (χ2v) is 5.37. The molecule has 4 nitrogen and oxygen atoms in total. The molecule has 2 aliphatic heterocycles. The number of hydrogen-bond acceptors (Lipinski definition) is 4. The van der Waals surface area contributed by atoms with E-state index in [4.69, 9.17) is 9.47 Å². The van der Waals surface area contributed by atoms with Gasteiger partial charge >= 0.3 is 0 Å². The Morgan fingerprint density at radius 1 is 1.32 bits per heavy atom. The van der Waals surface area contributed by atoms with Crippen molar-refractivity contribution in [1.29, 1.82) is 0 Å². The Bertz CT molecular complexity index is 436. The van der Waals surface area contributed by atoms with Crippen LogP contribution in [0.2, 0.25) is 0 Å². The van der Waals surface area contributed by atoms with Gasteiger partial charge in [-0.15, -0.1) is 0 Å². The van der Waals surface area contributed by atoms with E-state index < -0.39 is 0 Å². The lowest BCUT2D eigenvalue weighted by Crippen LogP contribution is -2.26. The van der Waals surface area contributed by atoms with Gasteiger partial charge in [0.15, 0.2) is 11.5 Å². The lowest BCUT2D eigenvalue weighted by atomic mass is 10.1. The highest BCUT2D eigenvalue weighted by Gasteiger charge is 2.20. The molecule has 1 fully saturated rings. The number of benzene rings is 1. The fourth-order valence-corrected chi connectivity index (χ4v) is 2.84. The van der Waals surface area contributed by atoms with E-state index >= 15 is 0 Å². The molecule has 0 bridgehead atoms. The highest BCUT2D eigenvalue weighted by Crippen LogP contribution is 2.32. The first-order chi connectivity index (χ1) is 9.35. The van der Waals surface area contributed by atoms with Gasteiger partial charge in [-0.3, -0.25) is 0 Å². The van der Waals surface area contributed by atoms with Gasteiger partial charge in [-0.2, -0.15) is 0 Å². The molecular formula is C15H22N2O2. The maximum absolute atomic E-state index is 5.39. The monoisotopic (exact) mass is 262 g/mol. The molecule has 0 aromatic heterocycles. The first-order valence-corrected chi connectivity index (χ1v) is 7.16. The smallest absolute Gasteiger partial charge is 0.231 e. The molecule has 104 valence electrons. The fourth-order valence-electron chi connectivity index (χ4n) is 2.84. The van der Waals surface area contributed by atoms with Crippen molar-refractivity contribution >= 4 is 0 Å². The summed E-state index contributed by atoms with van der Waals surface area (Å²) in [5.74, 6) is 2.53. The number of nitrogens with zero attached hydrogens (tertiary/aromatic N) is 1. The second kappa shape index (κ2) is 5.80. The SMILES string of the molecule is CCN1CCC(CNCc2ccc3c(c2)OCO3)C1. The summed E-state index contributed by atoms with van der Waals surface area (Å²) in [4.78, 5) is 2.52. The first kappa shape index (κ1) is 12.8. The van der Waals surface area contributed by atoms with E-state index in [0.717, 1.165) is 30.5 Å². The Labute approximate surface area is 114 Å². The Morgan fingerprint density at radius 3 is 3.05 bits per heavy atom. The van der Waals surface area contributed by atoms with E-state index in [0.29, 0.717) is 6.79 Å². The van der Waals surface area contributed by atoms with Crippen molar-refractivity contribution in [2.45, 2.75) is 19.9 Å². The lowest BCUT2D eigenvalue weighted by Gasteiger charge is -2.13. The Kier molecular flexibility index (Phi) is 3.89. The molecule has 0 spiro atoms. The summed E-state index contributed by atoms with van der Waals surface area (Å²) in [7, 11) is 0. The molecule has 1 atom stereocenters. The molecule has 2 heterocycles. The van der Waals surface area contributed by atoms with Crippen molar-refractivity contribution in [3.63, 3.8) is 0 Å². The van der Waals surface area contributed by atoms with Crippen LogP contribution in [-0.2, 0) is 6.54 Å². The van der Waals surface area contributed by atoms with Crippen LogP contribution < -0.4 is 14.8 Å². The van der Waals surface area contributed by atoms with Crippen LogP contribution in [0.25, 0.3) is 0 Å². The minimum absolute atomic E-state index is 0.348. The van der Waals surface area contributed by atoms with E-state index in [-0.39, 0.29) is 0 Å². The van der Waals surface area contributed by atoms with E-state index in [9.17, 15) is 0 Å².